The van der Waals surface area contributed by atoms with Crippen molar-refractivity contribution < 1.29 is 14.3 Å². The van der Waals surface area contributed by atoms with Crippen LogP contribution >= 0.6 is 11.6 Å². The summed E-state index contributed by atoms with van der Waals surface area (Å²) in [5, 5.41) is 0.584. The average molecular weight is 453 g/mol. The van der Waals surface area contributed by atoms with Crippen LogP contribution in [0.25, 0.3) is 0 Å². The first kappa shape index (κ1) is 22.0. The Labute approximate surface area is 192 Å². The number of hydrogen-bond acceptors (Lipinski definition) is 4. The van der Waals surface area contributed by atoms with Crippen molar-refractivity contribution in [3.63, 3.8) is 0 Å². The van der Waals surface area contributed by atoms with Crippen LogP contribution in [0, 0.1) is 0 Å². The maximum atomic E-state index is 13.5. The van der Waals surface area contributed by atoms with Gasteiger partial charge in [0.05, 0.1) is 32.4 Å². The fourth-order valence-electron chi connectivity index (χ4n) is 4.19. The molecule has 0 radical (unpaired) electrons. The van der Waals surface area contributed by atoms with Gasteiger partial charge >= 0.3 is 0 Å². The number of amides is 1. The molecule has 1 aliphatic rings. The number of likely N-dealkylation sites (tertiary alicyclic amines) is 1. The van der Waals surface area contributed by atoms with Crippen molar-refractivity contribution in [2.24, 2.45) is 0 Å². The third kappa shape index (κ3) is 4.36. The fraction of sp³-hybridized carbons (Fsp3) is 0.280. The van der Waals surface area contributed by atoms with E-state index in [9.17, 15) is 9.59 Å². The second-order valence-electron chi connectivity index (χ2n) is 7.74. The van der Waals surface area contributed by atoms with Crippen molar-refractivity contribution in [1.82, 2.24) is 9.47 Å². The summed E-state index contributed by atoms with van der Waals surface area (Å²) in [5.41, 5.74) is 2.02. The molecule has 1 unspecified atom stereocenters. The molecular weight excluding hydrogens is 428 g/mol. The number of pyridine rings is 1. The highest BCUT2D eigenvalue weighted by Gasteiger charge is 2.33. The number of carbonyl (C=O) groups excluding carboxylic acids is 1. The molecule has 6 nitrogen and oxygen atoms in total. The Balaban J connectivity index is 1.64. The largest absolute Gasteiger partial charge is 0.497 e. The predicted molar refractivity (Wildman–Crippen MR) is 124 cm³/mol. The lowest BCUT2D eigenvalue weighted by Gasteiger charge is -2.27. The van der Waals surface area contributed by atoms with Gasteiger partial charge < -0.3 is 18.9 Å². The number of ether oxygens (including phenoxy) is 2. The topological polar surface area (TPSA) is 60.8 Å². The first-order valence-electron chi connectivity index (χ1n) is 10.5. The van der Waals surface area contributed by atoms with Gasteiger partial charge in [0.15, 0.2) is 0 Å². The number of benzene rings is 2. The predicted octanol–water partition coefficient (Wildman–Crippen LogP) is 4.54. The second kappa shape index (κ2) is 9.49. The van der Waals surface area contributed by atoms with Crippen molar-refractivity contribution >= 4 is 17.5 Å². The van der Waals surface area contributed by atoms with Crippen LogP contribution in [0.15, 0.2) is 65.6 Å². The van der Waals surface area contributed by atoms with Crippen molar-refractivity contribution in [3.05, 3.63) is 92.9 Å². The molecule has 3 aromatic rings. The molecular formula is C25H25ClN2O4. The second-order valence-corrected chi connectivity index (χ2v) is 8.15. The third-order valence-corrected chi connectivity index (χ3v) is 6.21. The SMILES string of the molecule is COc1ccc(OC)c(C2CCCN2C(=O)c2ccc(=O)n(Cc3ccccc3Cl)c2)c1. The highest BCUT2D eigenvalue weighted by atomic mass is 35.5. The number of carbonyl (C=O) groups is 1. The number of halogens is 1. The highest BCUT2D eigenvalue weighted by molar-refractivity contribution is 6.31. The number of nitrogens with zero attached hydrogens (tertiary/aromatic N) is 2. The Kier molecular flexibility index (Phi) is 6.51. The van der Waals surface area contributed by atoms with Crippen LogP contribution in [0.2, 0.25) is 5.02 Å². The van der Waals surface area contributed by atoms with Gasteiger partial charge in [-0.2, -0.15) is 0 Å². The molecule has 1 aliphatic heterocycles. The lowest BCUT2D eigenvalue weighted by Crippen LogP contribution is -2.32. The summed E-state index contributed by atoms with van der Waals surface area (Å²) in [6, 6.07) is 15.9. The maximum Gasteiger partial charge on any atom is 0.255 e. The van der Waals surface area contributed by atoms with Gasteiger partial charge in [-0.05, 0) is 48.7 Å². The number of aromatic nitrogens is 1. The molecule has 0 N–H and O–H groups in total. The molecule has 1 aromatic heterocycles. The lowest BCUT2D eigenvalue weighted by molar-refractivity contribution is 0.0733. The summed E-state index contributed by atoms with van der Waals surface area (Å²) in [6.07, 6.45) is 3.33. The summed E-state index contributed by atoms with van der Waals surface area (Å²) < 4.78 is 12.5. The van der Waals surface area contributed by atoms with Crippen molar-refractivity contribution in [1.29, 1.82) is 0 Å². The molecule has 0 spiro atoms. The van der Waals surface area contributed by atoms with Gasteiger partial charge in [0, 0.05) is 29.4 Å². The minimum Gasteiger partial charge on any atom is -0.497 e. The normalized spacial score (nSPS) is 15.6. The third-order valence-electron chi connectivity index (χ3n) is 5.84. The lowest BCUT2D eigenvalue weighted by atomic mass is 10.0. The van der Waals surface area contributed by atoms with E-state index in [1.54, 1.807) is 32.5 Å². The summed E-state index contributed by atoms with van der Waals surface area (Å²) >= 11 is 6.26. The smallest absolute Gasteiger partial charge is 0.255 e. The van der Waals surface area contributed by atoms with Crippen LogP contribution in [0.1, 0.15) is 40.4 Å². The van der Waals surface area contributed by atoms with E-state index in [1.165, 1.54) is 10.6 Å². The van der Waals surface area contributed by atoms with Gasteiger partial charge in [0.1, 0.15) is 11.5 Å². The quantitative estimate of drug-likeness (QED) is 0.550. The van der Waals surface area contributed by atoms with Gasteiger partial charge in [-0.1, -0.05) is 29.8 Å². The molecule has 2 heterocycles. The van der Waals surface area contributed by atoms with E-state index >= 15 is 0 Å². The van der Waals surface area contributed by atoms with Gasteiger partial charge in [0.2, 0.25) is 0 Å². The average Bonchev–Trinajstić information content (AvgIpc) is 3.30. The Morgan fingerprint density at radius 1 is 1.09 bits per heavy atom. The van der Waals surface area contributed by atoms with Crippen LogP contribution < -0.4 is 15.0 Å². The van der Waals surface area contributed by atoms with Crippen LogP contribution in [0.3, 0.4) is 0 Å². The summed E-state index contributed by atoms with van der Waals surface area (Å²) in [5.74, 6) is 1.32. The molecule has 4 rings (SSSR count). The van der Waals surface area contributed by atoms with E-state index in [2.05, 4.69) is 0 Å². The van der Waals surface area contributed by atoms with E-state index in [-0.39, 0.29) is 17.5 Å². The number of rotatable bonds is 6. The van der Waals surface area contributed by atoms with Crippen molar-refractivity contribution in [3.8, 4) is 11.5 Å². The summed E-state index contributed by atoms with van der Waals surface area (Å²) in [4.78, 5) is 27.8. The molecule has 1 fully saturated rings. The van der Waals surface area contributed by atoms with E-state index in [1.807, 2.05) is 41.3 Å². The Morgan fingerprint density at radius 3 is 2.66 bits per heavy atom. The van der Waals surface area contributed by atoms with Gasteiger partial charge in [0.25, 0.3) is 11.5 Å². The van der Waals surface area contributed by atoms with E-state index in [0.717, 1.165) is 29.7 Å². The van der Waals surface area contributed by atoms with Crippen LogP contribution in [-0.4, -0.2) is 36.1 Å². The molecule has 2 aromatic carbocycles. The number of methoxy groups -OCH3 is 2. The van der Waals surface area contributed by atoms with Gasteiger partial charge in [-0.25, -0.2) is 0 Å². The molecule has 1 atom stereocenters. The Morgan fingerprint density at radius 2 is 1.91 bits per heavy atom. The zero-order valence-electron chi connectivity index (χ0n) is 18.1. The molecule has 1 saturated heterocycles. The molecule has 166 valence electrons. The van der Waals surface area contributed by atoms with Gasteiger partial charge in [-0.3, -0.25) is 9.59 Å². The zero-order valence-corrected chi connectivity index (χ0v) is 18.8. The maximum absolute atomic E-state index is 13.5. The van der Waals surface area contributed by atoms with E-state index < -0.39 is 0 Å². The molecule has 7 heteroatoms. The minimum atomic E-state index is -0.186. The molecule has 0 bridgehead atoms. The first-order valence-corrected chi connectivity index (χ1v) is 10.9. The van der Waals surface area contributed by atoms with Crippen LogP contribution in [0.5, 0.6) is 11.5 Å². The molecule has 1 amide bonds. The Bertz CT molecular complexity index is 1190. The van der Waals surface area contributed by atoms with Crippen LogP contribution in [0.4, 0.5) is 0 Å². The van der Waals surface area contributed by atoms with Crippen molar-refractivity contribution in [2.75, 3.05) is 20.8 Å². The summed E-state index contributed by atoms with van der Waals surface area (Å²) in [7, 11) is 3.24. The standard InChI is InChI=1S/C25H25ClN2O4/c1-31-19-10-11-23(32-2)20(14-19)22-8-5-13-28(22)25(30)18-9-12-24(29)27(16-18)15-17-6-3-4-7-21(17)26/h3-4,6-7,9-12,14,16,22H,5,8,13,15H2,1-2H3. The monoisotopic (exact) mass is 452 g/mol. The van der Waals surface area contributed by atoms with Crippen molar-refractivity contribution in [2.45, 2.75) is 25.4 Å². The fourth-order valence-corrected chi connectivity index (χ4v) is 4.39. The molecule has 0 aliphatic carbocycles. The minimum absolute atomic E-state index is 0.120. The van der Waals surface area contributed by atoms with Crippen LogP contribution in [-0.2, 0) is 6.54 Å². The zero-order chi connectivity index (χ0) is 22.7. The highest BCUT2D eigenvalue weighted by Crippen LogP contribution is 2.39. The van der Waals surface area contributed by atoms with E-state index in [0.29, 0.717) is 29.4 Å². The molecule has 0 saturated carbocycles. The summed E-state index contributed by atoms with van der Waals surface area (Å²) in [6.45, 7) is 0.931. The van der Waals surface area contributed by atoms with Gasteiger partial charge in [-0.15, -0.1) is 0 Å². The molecule has 32 heavy (non-hydrogen) atoms. The first-order chi connectivity index (χ1) is 15.5. The number of hydrogen-bond donors (Lipinski definition) is 0. The van der Waals surface area contributed by atoms with E-state index in [4.69, 9.17) is 21.1 Å². The Hall–Kier alpha value is -3.25.